The molecule has 0 unspecified atom stereocenters. The maximum absolute atomic E-state index is 11.4. The quantitative estimate of drug-likeness (QED) is 0.555. The highest BCUT2D eigenvalue weighted by atomic mass is 35.5. The van der Waals surface area contributed by atoms with E-state index in [1.165, 1.54) is 5.56 Å². The molecule has 166 valence electrons. The van der Waals surface area contributed by atoms with E-state index in [1.54, 1.807) is 0 Å². The van der Waals surface area contributed by atoms with Crippen molar-refractivity contribution < 1.29 is 9.90 Å². The first-order valence-corrected chi connectivity index (χ1v) is 11.0. The van der Waals surface area contributed by atoms with Crippen molar-refractivity contribution in [3.05, 3.63) is 66.0 Å². The molecule has 1 aromatic heterocycles. The van der Waals surface area contributed by atoms with Crippen LogP contribution in [0.3, 0.4) is 0 Å². The zero-order valence-corrected chi connectivity index (χ0v) is 18.9. The summed E-state index contributed by atoms with van der Waals surface area (Å²) in [6.07, 6.45) is 4.26. The zero-order valence-electron chi connectivity index (χ0n) is 18.1. The van der Waals surface area contributed by atoms with Gasteiger partial charge in [-0.05, 0) is 61.9 Å². The van der Waals surface area contributed by atoms with Gasteiger partial charge in [0.05, 0.1) is 11.0 Å². The molecule has 0 spiro atoms. The van der Waals surface area contributed by atoms with Gasteiger partial charge in [-0.2, -0.15) is 0 Å². The second-order valence-corrected chi connectivity index (χ2v) is 8.58. The molecule has 6 heteroatoms. The number of piperidine rings is 1. The van der Waals surface area contributed by atoms with Crippen molar-refractivity contribution in [2.24, 2.45) is 18.9 Å². The average molecular weight is 442 g/mol. The van der Waals surface area contributed by atoms with Crippen LogP contribution >= 0.6 is 12.4 Å². The second-order valence-electron chi connectivity index (χ2n) is 8.58. The summed E-state index contributed by atoms with van der Waals surface area (Å²) < 4.78 is 2.17. The van der Waals surface area contributed by atoms with E-state index in [4.69, 9.17) is 4.98 Å². The number of carboxylic acid groups (broad SMARTS) is 1. The van der Waals surface area contributed by atoms with Gasteiger partial charge in [0, 0.05) is 26.4 Å². The van der Waals surface area contributed by atoms with Gasteiger partial charge in [0.15, 0.2) is 0 Å². The first-order chi connectivity index (χ1) is 14.6. The lowest BCUT2D eigenvalue weighted by Gasteiger charge is -2.38. The molecule has 1 saturated heterocycles. The summed E-state index contributed by atoms with van der Waals surface area (Å²) >= 11 is 0. The Morgan fingerprint density at radius 2 is 1.84 bits per heavy atom. The van der Waals surface area contributed by atoms with Crippen LogP contribution in [0, 0.1) is 11.8 Å². The summed E-state index contributed by atoms with van der Waals surface area (Å²) in [4.78, 5) is 18.8. The molecular weight excluding hydrogens is 410 g/mol. The van der Waals surface area contributed by atoms with E-state index in [2.05, 4.69) is 52.9 Å². The van der Waals surface area contributed by atoms with Crippen molar-refractivity contribution in [3.8, 4) is 0 Å². The Hall–Kier alpha value is -2.37. The number of carboxylic acids is 1. The highest BCUT2D eigenvalue weighted by molar-refractivity contribution is 5.85. The van der Waals surface area contributed by atoms with Gasteiger partial charge in [-0.25, -0.2) is 4.98 Å². The van der Waals surface area contributed by atoms with Crippen molar-refractivity contribution in [2.75, 3.05) is 19.6 Å². The van der Waals surface area contributed by atoms with Crippen molar-refractivity contribution in [1.82, 2.24) is 14.5 Å². The topological polar surface area (TPSA) is 58.4 Å². The van der Waals surface area contributed by atoms with Crippen LogP contribution in [0.5, 0.6) is 0 Å². The van der Waals surface area contributed by atoms with Gasteiger partial charge in [0.2, 0.25) is 0 Å². The number of aromatic nitrogens is 2. The number of benzene rings is 2. The fraction of sp³-hybridized carbons (Fsp3) is 0.440. The minimum Gasteiger partial charge on any atom is -0.481 e. The molecule has 1 aliphatic heterocycles. The minimum absolute atomic E-state index is 0. The fourth-order valence-corrected chi connectivity index (χ4v) is 4.85. The third kappa shape index (κ3) is 5.86. The molecule has 1 fully saturated rings. The van der Waals surface area contributed by atoms with Crippen molar-refractivity contribution in [1.29, 1.82) is 0 Å². The molecule has 0 radical (unpaired) electrons. The number of nitrogens with zero attached hydrogens (tertiary/aromatic N) is 3. The lowest BCUT2D eigenvalue weighted by atomic mass is 9.81. The van der Waals surface area contributed by atoms with Gasteiger partial charge in [0.25, 0.3) is 0 Å². The average Bonchev–Trinajstić information content (AvgIpc) is 3.06. The molecule has 0 bridgehead atoms. The SMILES string of the molecule is Cl.Cn1c(C[C@H]2CN(CCCc3ccccc3)CC[C@H]2CC(=O)O)nc2ccccc21. The number of halogens is 1. The molecule has 3 aromatic rings. The molecule has 0 saturated carbocycles. The third-order valence-corrected chi connectivity index (χ3v) is 6.52. The Morgan fingerprint density at radius 3 is 2.58 bits per heavy atom. The van der Waals surface area contributed by atoms with Gasteiger partial charge >= 0.3 is 5.97 Å². The smallest absolute Gasteiger partial charge is 0.303 e. The Bertz CT molecular complexity index is 989. The van der Waals surface area contributed by atoms with Gasteiger partial charge in [-0.15, -0.1) is 12.4 Å². The lowest BCUT2D eigenvalue weighted by molar-refractivity contribution is -0.139. The standard InChI is InChI=1S/C25H31N3O2.ClH/c1-27-23-12-6-5-11-22(23)26-24(27)16-21-18-28(15-13-20(21)17-25(29)30)14-7-10-19-8-3-2-4-9-19;/h2-6,8-9,11-12,20-21H,7,10,13-18H2,1H3,(H,29,30);1H/t20-,21-;/m0./s1. The Balaban J connectivity index is 0.00000272. The Morgan fingerprint density at radius 1 is 1.10 bits per heavy atom. The lowest BCUT2D eigenvalue weighted by Crippen LogP contribution is -2.42. The molecule has 2 aromatic carbocycles. The van der Waals surface area contributed by atoms with Crippen LogP contribution in [0.1, 0.15) is 30.7 Å². The highest BCUT2D eigenvalue weighted by Gasteiger charge is 2.31. The third-order valence-electron chi connectivity index (χ3n) is 6.52. The molecule has 0 aliphatic carbocycles. The van der Waals surface area contributed by atoms with E-state index in [-0.39, 0.29) is 24.7 Å². The zero-order chi connectivity index (χ0) is 20.9. The molecule has 1 N–H and O–H groups in total. The minimum atomic E-state index is -0.687. The molecule has 31 heavy (non-hydrogen) atoms. The molecule has 2 heterocycles. The van der Waals surface area contributed by atoms with E-state index in [0.717, 1.165) is 62.2 Å². The largest absolute Gasteiger partial charge is 0.481 e. The van der Waals surface area contributed by atoms with E-state index in [9.17, 15) is 9.90 Å². The van der Waals surface area contributed by atoms with Crippen LogP contribution in [-0.2, 0) is 24.7 Å². The normalized spacial score (nSPS) is 19.3. The van der Waals surface area contributed by atoms with Crippen LogP contribution in [0.15, 0.2) is 54.6 Å². The van der Waals surface area contributed by atoms with Gasteiger partial charge in [0.1, 0.15) is 5.82 Å². The number of aliphatic carboxylic acids is 1. The van der Waals surface area contributed by atoms with Crippen molar-refractivity contribution in [3.63, 3.8) is 0 Å². The van der Waals surface area contributed by atoms with Crippen LogP contribution in [0.25, 0.3) is 11.0 Å². The molecule has 2 atom stereocenters. The van der Waals surface area contributed by atoms with Crippen LogP contribution < -0.4 is 0 Å². The van der Waals surface area contributed by atoms with Crippen LogP contribution in [0.4, 0.5) is 0 Å². The van der Waals surface area contributed by atoms with Crippen molar-refractivity contribution >= 4 is 29.4 Å². The number of rotatable bonds is 8. The number of fused-ring (bicyclic) bond motifs is 1. The van der Waals surface area contributed by atoms with Gasteiger partial charge < -0.3 is 14.6 Å². The maximum Gasteiger partial charge on any atom is 0.303 e. The molecule has 0 amide bonds. The summed E-state index contributed by atoms with van der Waals surface area (Å²) in [6, 6.07) is 18.8. The number of aryl methyl sites for hydroxylation is 2. The molecule has 5 nitrogen and oxygen atoms in total. The Labute approximate surface area is 190 Å². The highest BCUT2D eigenvalue weighted by Crippen LogP contribution is 2.30. The summed E-state index contributed by atoms with van der Waals surface area (Å²) in [6.45, 7) is 3.01. The number of hydrogen-bond donors (Lipinski definition) is 1. The van der Waals surface area contributed by atoms with E-state index in [1.807, 2.05) is 18.2 Å². The van der Waals surface area contributed by atoms with E-state index in [0.29, 0.717) is 5.92 Å². The first-order valence-electron chi connectivity index (χ1n) is 11.0. The van der Waals surface area contributed by atoms with Crippen LogP contribution in [-0.4, -0.2) is 45.2 Å². The van der Waals surface area contributed by atoms with Crippen LogP contribution in [0.2, 0.25) is 0 Å². The summed E-state index contributed by atoms with van der Waals surface area (Å²) in [5.41, 5.74) is 3.53. The van der Waals surface area contributed by atoms with E-state index < -0.39 is 5.97 Å². The summed E-state index contributed by atoms with van der Waals surface area (Å²) in [5, 5.41) is 9.42. The molecule has 1 aliphatic rings. The van der Waals surface area contributed by atoms with Gasteiger partial charge in [-0.1, -0.05) is 42.5 Å². The predicted octanol–water partition coefficient (Wildman–Crippen LogP) is 4.58. The van der Waals surface area contributed by atoms with Gasteiger partial charge in [-0.3, -0.25) is 4.79 Å². The number of likely N-dealkylation sites (tertiary alicyclic amines) is 1. The Kier molecular flexibility index (Phi) is 8.10. The fourth-order valence-electron chi connectivity index (χ4n) is 4.85. The molecule has 4 rings (SSSR count). The first kappa shape index (κ1) is 23.3. The molecular formula is C25H32ClN3O2. The number of para-hydroxylation sites is 2. The predicted molar refractivity (Wildman–Crippen MR) is 127 cm³/mol. The van der Waals surface area contributed by atoms with E-state index >= 15 is 0 Å². The number of carbonyl (C=O) groups is 1. The monoisotopic (exact) mass is 441 g/mol. The maximum atomic E-state index is 11.4. The van der Waals surface area contributed by atoms with Crippen molar-refractivity contribution in [2.45, 2.75) is 32.1 Å². The number of hydrogen-bond acceptors (Lipinski definition) is 3. The number of imidazole rings is 1. The summed E-state index contributed by atoms with van der Waals surface area (Å²) in [7, 11) is 2.07. The second kappa shape index (κ2) is 10.8. The summed E-state index contributed by atoms with van der Waals surface area (Å²) in [5.74, 6) is 0.907.